The van der Waals surface area contributed by atoms with Crippen LogP contribution in [0, 0.1) is 4.91 Å². The summed E-state index contributed by atoms with van der Waals surface area (Å²) in [7, 11) is 1.08. The highest BCUT2D eigenvalue weighted by molar-refractivity contribution is 5.73. The zero-order chi connectivity index (χ0) is 14.3. The van der Waals surface area contributed by atoms with Crippen LogP contribution in [0.2, 0.25) is 0 Å². The SMILES string of the molecule is CN(N=O)C(=O)NC[C@H](O)[C@@H](O)[C@H](O)[C@H](O)CO. The molecule has 0 aromatic heterocycles. The van der Waals surface area contributed by atoms with Crippen LogP contribution in [0.1, 0.15) is 0 Å². The number of urea groups is 1. The number of carbonyl (C=O) groups excluding carboxylic acids is 1. The first kappa shape index (κ1) is 16.7. The number of hydrogen-bond donors (Lipinski definition) is 6. The summed E-state index contributed by atoms with van der Waals surface area (Å²) in [5.41, 5.74) is 0. The van der Waals surface area contributed by atoms with Crippen molar-refractivity contribution in [1.82, 2.24) is 10.3 Å². The number of hydrogen-bond acceptors (Lipinski definition) is 8. The van der Waals surface area contributed by atoms with E-state index in [0.717, 1.165) is 7.05 Å². The van der Waals surface area contributed by atoms with Gasteiger partial charge in [-0.2, -0.15) is 5.01 Å². The lowest BCUT2D eigenvalue weighted by atomic mass is 10.0. The van der Waals surface area contributed by atoms with Gasteiger partial charge in [0.2, 0.25) is 0 Å². The highest BCUT2D eigenvalue weighted by Crippen LogP contribution is 2.04. The average Bonchev–Trinajstić information content (AvgIpc) is 2.40. The van der Waals surface area contributed by atoms with E-state index in [1.54, 1.807) is 0 Å². The Hall–Kier alpha value is -1.33. The summed E-state index contributed by atoms with van der Waals surface area (Å²) in [5.74, 6) is 0. The van der Waals surface area contributed by atoms with Gasteiger partial charge in [-0.1, -0.05) is 0 Å². The summed E-state index contributed by atoms with van der Waals surface area (Å²) >= 11 is 0. The second-order valence-corrected chi connectivity index (χ2v) is 3.59. The molecule has 10 nitrogen and oxygen atoms in total. The molecule has 2 amide bonds. The van der Waals surface area contributed by atoms with Crippen molar-refractivity contribution in [2.75, 3.05) is 20.2 Å². The minimum Gasteiger partial charge on any atom is -0.394 e. The van der Waals surface area contributed by atoms with E-state index in [0.29, 0.717) is 5.01 Å². The van der Waals surface area contributed by atoms with Crippen molar-refractivity contribution in [3.63, 3.8) is 0 Å². The van der Waals surface area contributed by atoms with E-state index in [-0.39, 0.29) is 0 Å². The molecule has 6 N–H and O–H groups in total. The number of amides is 2. The molecule has 0 saturated heterocycles. The van der Waals surface area contributed by atoms with Crippen LogP contribution < -0.4 is 5.32 Å². The first-order valence-corrected chi connectivity index (χ1v) is 5.03. The highest BCUT2D eigenvalue weighted by atomic mass is 16.4. The van der Waals surface area contributed by atoms with Gasteiger partial charge >= 0.3 is 6.03 Å². The second-order valence-electron chi connectivity index (χ2n) is 3.59. The minimum atomic E-state index is -1.78. The highest BCUT2D eigenvalue weighted by Gasteiger charge is 2.30. The fraction of sp³-hybridized carbons (Fsp3) is 0.875. The molecular weight excluding hydrogens is 250 g/mol. The number of aliphatic hydroxyl groups excluding tert-OH is 5. The third-order valence-electron chi connectivity index (χ3n) is 2.20. The van der Waals surface area contributed by atoms with Gasteiger partial charge < -0.3 is 30.8 Å². The van der Waals surface area contributed by atoms with Crippen LogP contribution in [0.5, 0.6) is 0 Å². The van der Waals surface area contributed by atoms with Crippen molar-refractivity contribution in [2.45, 2.75) is 24.4 Å². The maximum atomic E-state index is 11.0. The zero-order valence-corrected chi connectivity index (χ0v) is 9.67. The lowest BCUT2D eigenvalue weighted by molar-refractivity contribution is -0.113. The third-order valence-corrected chi connectivity index (χ3v) is 2.20. The summed E-state index contributed by atoms with van der Waals surface area (Å²) in [4.78, 5) is 21.0. The number of nitroso groups, excluding NO2 is 1. The Morgan fingerprint density at radius 2 is 1.72 bits per heavy atom. The van der Waals surface area contributed by atoms with Gasteiger partial charge in [0, 0.05) is 13.6 Å². The molecule has 0 aliphatic carbocycles. The molecule has 0 rings (SSSR count). The van der Waals surface area contributed by atoms with Crippen LogP contribution in [-0.4, -0.2) is 81.2 Å². The van der Waals surface area contributed by atoms with Crippen molar-refractivity contribution < 1.29 is 30.3 Å². The van der Waals surface area contributed by atoms with E-state index in [2.05, 4.69) is 10.6 Å². The van der Waals surface area contributed by atoms with Crippen LogP contribution in [0.3, 0.4) is 0 Å². The van der Waals surface area contributed by atoms with Gasteiger partial charge in [-0.05, 0) is 0 Å². The van der Waals surface area contributed by atoms with Gasteiger partial charge in [0.15, 0.2) is 0 Å². The van der Waals surface area contributed by atoms with Crippen LogP contribution in [0.15, 0.2) is 5.29 Å². The summed E-state index contributed by atoms with van der Waals surface area (Å²) in [6.07, 6.45) is -6.76. The van der Waals surface area contributed by atoms with Crippen LogP contribution in [0.25, 0.3) is 0 Å². The molecular formula is C8H17N3O7. The number of aliphatic hydroxyl groups is 5. The van der Waals surface area contributed by atoms with E-state index in [1.807, 2.05) is 0 Å². The van der Waals surface area contributed by atoms with Crippen LogP contribution >= 0.6 is 0 Å². The van der Waals surface area contributed by atoms with E-state index in [9.17, 15) is 25.0 Å². The number of nitrogens with one attached hydrogen (secondary N) is 1. The summed E-state index contributed by atoms with van der Waals surface area (Å²) in [6.45, 7) is -1.27. The maximum Gasteiger partial charge on any atom is 0.340 e. The minimum absolute atomic E-state index is 0.429. The molecule has 0 unspecified atom stereocenters. The lowest BCUT2D eigenvalue weighted by Gasteiger charge is -2.25. The molecule has 0 aliphatic rings. The molecule has 0 aromatic carbocycles. The van der Waals surface area contributed by atoms with Gasteiger partial charge in [0.25, 0.3) is 0 Å². The molecule has 0 fully saturated rings. The molecule has 0 bridgehead atoms. The Labute approximate surface area is 102 Å². The van der Waals surface area contributed by atoms with Gasteiger partial charge in [-0.15, -0.1) is 4.91 Å². The lowest BCUT2D eigenvalue weighted by Crippen LogP contribution is -2.50. The number of rotatable bonds is 7. The van der Waals surface area contributed by atoms with Gasteiger partial charge in [0.1, 0.15) is 18.3 Å². The molecule has 0 radical (unpaired) electrons. The number of carbonyl (C=O) groups is 1. The molecule has 0 heterocycles. The molecule has 4 atom stereocenters. The summed E-state index contributed by atoms with van der Waals surface area (Å²) in [6, 6.07) is -0.909. The van der Waals surface area contributed by atoms with E-state index < -0.39 is 43.6 Å². The molecule has 0 saturated carbocycles. The van der Waals surface area contributed by atoms with E-state index in [1.165, 1.54) is 0 Å². The van der Waals surface area contributed by atoms with Crippen molar-refractivity contribution in [1.29, 1.82) is 0 Å². The molecule has 0 aliphatic heterocycles. The summed E-state index contributed by atoms with van der Waals surface area (Å²) in [5, 5.41) is 50.4. The predicted molar refractivity (Wildman–Crippen MR) is 58.1 cm³/mol. The Morgan fingerprint density at radius 1 is 1.22 bits per heavy atom. The largest absolute Gasteiger partial charge is 0.394 e. The van der Waals surface area contributed by atoms with Crippen LogP contribution in [0.4, 0.5) is 4.79 Å². The van der Waals surface area contributed by atoms with Crippen molar-refractivity contribution in [3.05, 3.63) is 4.91 Å². The molecule has 0 spiro atoms. The normalized spacial score (nSPS) is 17.4. The fourth-order valence-corrected chi connectivity index (χ4v) is 1.03. The quantitative estimate of drug-likeness (QED) is 0.208. The van der Waals surface area contributed by atoms with Crippen molar-refractivity contribution in [3.8, 4) is 0 Å². The monoisotopic (exact) mass is 267 g/mol. The predicted octanol–water partition coefficient (Wildman–Crippen LogP) is -3.25. The first-order chi connectivity index (χ1) is 8.34. The molecule has 0 aromatic rings. The topological polar surface area (TPSA) is 163 Å². The summed E-state index contributed by atoms with van der Waals surface area (Å²) < 4.78 is 0. The first-order valence-electron chi connectivity index (χ1n) is 5.03. The van der Waals surface area contributed by atoms with Gasteiger partial charge in [-0.25, -0.2) is 4.79 Å². The third kappa shape index (κ3) is 4.89. The van der Waals surface area contributed by atoms with Gasteiger partial charge in [-0.3, -0.25) is 0 Å². The van der Waals surface area contributed by atoms with Gasteiger partial charge in [0.05, 0.1) is 18.0 Å². The average molecular weight is 267 g/mol. The van der Waals surface area contributed by atoms with E-state index in [4.69, 9.17) is 10.2 Å². The zero-order valence-electron chi connectivity index (χ0n) is 9.67. The fourth-order valence-electron chi connectivity index (χ4n) is 1.03. The second kappa shape index (κ2) is 7.89. The number of nitrogens with zero attached hydrogens (tertiary/aromatic N) is 2. The Kier molecular flexibility index (Phi) is 7.31. The maximum absolute atomic E-state index is 11.0. The Balaban J connectivity index is 4.20. The van der Waals surface area contributed by atoms with Crippen LogP contribution in [-0.2, 0) is 0 Å². The van der Waals surface area contributed by atoms with E-state index >= 15 is 0 Å². The standard InChI is InChI=1S/C8H17N3O7/c1-11(10-18)8(17)9-2-4(13)6(15)7(16)5(14)3-12/h4-7,12-16H,2-3H2,1H3,(H,9,17)/t4-,5+,6+,7+/m0/s1. The smallest absolute Gasteiger partial charge is 0.340 e. The molecule has 18 heavy (non-hydrogen) atoms. The Bertz CT molecular complexity index is 277. The van der Waals surface area contributed by atoms with Crippen molar-refractivity contribution >= 4 is 6.03 Å². The molecule has 10 heteroatoms. The molecule has 106 valence electrons. The van der Waals surface area contributed by atoms with Crippen molar-refractivity contribution in [2.24, 2.45) is 5.29 Å². The Morgan fingerprint density at radius 3 is 2.17 bits per heavy atom.